The number of nitrogens with zero attached hydrogens (tertiary/aromatic N) is 6. The van der Waals surface area contributed by atoms with E-state index in [1.165, 1.54) is 16.0 Å². The second-order valence-corrected chi connectivity index (χ2v) is 8.84. The molecule has 0 amide bonds. The molecule has 8 heteroatoms. The van der Waals surface area contributed by atoms with Gasteiger partial charge in [-0.2, -0.15) is 9.61 Å². The lowest BCUT2D eigenvalue weighted by Crippen LogP contribution is -2.47. The number of hydrogen-bond donors (Lipinski definition) is 0. The molecular weight excluding hydrogens is 392 g/mol. The molecule has 1 aliphatic rings. The predicted octanol–water partition coefficient (Wildman–Crippen LogP) is 3.93. The van der Waals surface area contributed by atoms with Crippen LogP contribution in [0.5, 0.6) is 0 Å². The Morgan fingerprint density at radius 2 is 1.89 bits per heavy atom. The van der Waals surface area contributed by atoms with Crippen molar-refractivity contribution in [3.63, 3.8) is 0 Å². The first-order valence-corrected chi connectivity index (χ1v) is 10.6. The molecule has 0 N–H and O–H groups in total. The second kappa shape index (κ2) is 6.99. The van der Waals surface area contributed by atoms with Gasteiger partial charge in [-0.05, 0) is 31.0 Å². The fraction of sp³-hybridized carbons (Fsp3) is 0.350. The first kappa shape index (κ1) is 17.8. The van der Waals surface area contributed by atoms with Crippen molar-refractivity contribution in [3.8, 4) is 0 Å². The molecule has 5 rings (SSSR count). The van der Waals surface area contributed by atoms with E-state index in [1.54, 1.807) is 17.7 Å². The standard InChI is InChI=1S/C20H21ClN6S/c1-13-14(2)28-19-17(13)18-22-12-23-27(18)20(24-19)26-9-7-25(8-10-26)11-15-5-3-4-6-16(15)21/h3-6,12H,7-11H2,1-2H3. The fourth-order valence-electron chi connectivity index (χ4n) is 3.83. The number of halogens is 1. The largest absolute Gasteiger partial charge is 0.338 e. The van der Waals surface area contributed by atoms with Crippen LogP contribution < -0.4 is 4.90 Å². The van der Waals surface area contributed by atoms with E-state index in [0.717, 1.165) is 59.6 Å². The molecule has 0 bridgehead atoms. The van der Waals surface area contributed by atoms with Crippen LogP contribution in [0, 0.1) is 13.8 Å². The highest BCUT2D eigenvalue weighted by atomic mass is 35.5. The molecule has 1 fully saturated rings. The summed E-state index contributed by atoms with van der Waals surface area (Å²) in [5.41, 5.74) is 3.34. The number of aromatic nitrogens is 4. The van der Waals surface area contributed by atoms with Crippen LogP contribution in [0.25, 0.3) is 15.9 Å². The van der Waals surface area contributed by atoms with E-state index in [2.05, 4.69) is 39.8 Å². The van der Waals surface area contributed by atoms with Crippen LogP contribution in [-0.4, -0.2) is 50.7 Å². The van der Waals surface area contributed by atoms with Crippen molar-refractivity contribution < 1.29 is 0 Å². The zero-order valence-electron chi connectivity index (χ0n) is 15.9. The van der Waals surface area contributed by atoms with Gasteiger partial charge in [-0.1, -0.05) is 29.8 Å². The Morgan fingerprint density at radius 3 is 2.68 bits per heavy atom. The summed E-state index contributed by atoms with van der Waals surface area (Å²) in [6.45, 7) is 8.89. The molecule has 0 saturated carbocycles. The molecular formula is C20H21ClN6S. The summed E-state index contributed by atoms with van der Waals surface area (Å²) < 4.78 is 1.89. The van der Waals surface area contributed by atoms with Gasteiger partial charge in [-0.15, -0.1) is 11.3 Å². The summed E-state index contributed by atoms with van der Waals surface area (Å²) in [4.78, 5) is 16.6. The zero-order valence-corrected chi connectivity index (χ0v) is 17.5. The Labute approximate surface area is 172 Å². The minimum Gasteiger partial charge on any atom is -0.338 e. The van der Waals surface area contributed by atoms with Crippen LogP contribution in [0.4, 0.5) is 5.95 Å². The van der Waals surface area contributed by atoms with Crippen LogP contribution in [0.15, 0.2) is 30.6 Å². The first-order valence-electron chi connectivity index (χ1n) is 9.42. The average Bonchev–Trinajstić information content (AvgIpc) is 3.28. The number of aryl methyl sites for hydroxylation is 2. The smallest absolute Gasteiger partial charge is 0.230 e. The Hall–Kier alpha value is -2.22. The van der Waals surface area contributed by atoms with Gasteiger partial charge < -0.3 is 4.90 Å². The molecule has 3 aromatic heterocycles. The Kier molecular flexibility index (Phi) is 4.45. The number of rotatable bonds is 3. The summed E-state index contributed by atoms with van der Waals surface area (Å²) in [6, 6.07) is 8.08. The minimum absolute atomic E-state index is 0.838. The fourth-order valence-corrected chi connectivity index (χ4v) is 5.04. The van der Waals surface area contributed by atoms with Crippen LogP contribution in [0.3, 0.4) is 0 Å². The van der Waals surface area contributed by atoms with Crippen LogP contribution in [-0.2, 0) is 6.54 Å². The number of anilines is 1. The lowest BCUT2D eigenvalue weighted by Gasteiger charge is -2.35. The molecule has 6 nitrogen and oxygen atoms in total. The third-order valence-corrected chi connectivity index (χ3v) is 7.01. The molecule has 0 atom stereocenters. The Balaban J connectivity index is 1.41. The number of benzene rings is 1. The van der Waals surface area contributed by atoms with E-state index in [9.17, 15) is 0 Å². The molecule has 0 spiro atoms. The Morgan fingerprint density at radius 1 is 1.11 bits per heavy atom. The minimum atomic E-state index is 0.838. The molecule has 0 radical (unpaired) electrons. The Bertz CT molecular complexity index is 1160. The van der Waals surface area contributed by atoms with Gasteiger partial charge in [0.05, 0.1) is 5.39 Å². The zero-order chi connectivity index (χ0) is 19.3. The van der Waals surface area contributed by atoms with Crippen molar-refractivity contribution >= 4 is 44.7 Å². The summed E-state index contributed by atoms with van der Waals surface area (Å²) in [5.74, 6) is 0.888. The van der Waals surface area contributed by atoms with Crippen molar-refractivity contribution in [2.75, 3.05) is 31.1 Å². The van der Waals surface area contributed by atoms with Crippen molar-refractivity contribution in [1.82, 2.24) is 24.5 Å². The SMILES string of the molecule is Cc1sc2nc(N3CCN(Cc4ccccc4Cl)CC3)n3ncnc3c2c1C. The van der Waals surface area contributed by atoms with E-state index in [4.69, 9.17) is 16.6 Å². The molecule has 0 unspecified atom stereocenters. The van der Waals surface area contributed by atoms with Gasteiger partial charge in [0.15, 0.2) is 5.65 Å². The third-order valence-electron chi connectivity index (χ3n) is 5.54. The summed E-state index contributed by atoms with van der Waals surface area (Å²) in [5, 5.41) is 6.43. The van der Waals surface area contributed by atoms with E-state index < -0.39 is 0 Å². The van der Waals surface area contributed by atoms with Gasteiger partial charge in [0.2, 0.25) is 5.95 Å². The number of fused-ring (bicyclic) bond motifs is 3. The van der Waals surface area contributed by atoms with Crippen molar-refractivity contribution in [3.05, 3.63) is 51.6 Å². The van der Waals surface area contributed by atoms with E-state index in [-0.39, 0.29) is 0 Å². The van der Waals surface area contributed by atoms with Crippen molar-refractivity contribution in [1.29, 1.82) is 0 Å². The molecule has 0 aliphatic carbocycles. The summed E-state index contributed by atoms with van der Waals surface area (Å²) in [7, 11) is 0. The third kappa shape index (κ3) is 2.94. The van der Waals surface area contributed by atoms with Crippen molar-refractivity contribution in [2.24, 2.45) is 0 Å². The summed E-state index contributed by atoms with van der Waals surface area (Å²) >= 11 is 8.06. The monoisotopic (exact) mass is 412 g/mol. The van der Waals surface area contributed by atoms with Gasteiger partial charge in [0, 0.05) is 42.6 Å². The van der Waals surface area contributed by atoms with Gasteiger partial charge in [0.25, 0.3) is 0 Å². The van der Waals surface area contributed by atoms with E-state index >= 15 is 0 Å². The molecule has 28 heavy (non-hydrogen) atoms. The average molecular weight is 413 g/mol. The highest BCUT2D eigenvalue weighted by molar-refractivity contribution is 7.18. The lowest BCUT2D eigenvalue weighted by molar-refractivity contribution is 0.248. The number of piperazine rings is 1. The second-order valence-electron chi connectivity index (χ2n) is 7.23. The lowest BCUT2D eigenvalue weighted by atomic mass is 10.2. The van der Waals surface area contributed by atoms with Gasteiger partial charge in [-0.25, -0.2) is 9.97 Å². The quantitative estimate of drug-likeness (QED) is 0.510. The topological polar surface area (TPSA) is 49.6 Å². The highest BCUT2D eigenvalue weighted by Crippen LogP contribution is 2.33. The normalized spacial score (nSPS) is 15.8. The maximum absolute atomic E-state index is 6.33. The molecule has 4 aromatic rings. The maximum Gasteiger partial charge on any atom is 0.230 e. The van der Waals surface area contributed by atoms with E-state index in [0.29, 0.717) is 0 Å². The summed E-state index contributed by atoms with van der Waals surface area (Å²) in [6.07, 6.45) is 1.63. The predicted molar refractivity (Wildman–Crippen MR) is 115 cm³/mol. The van der Waals surface area contributed by atoms with Crippen LogP contribution in [0.1, 0.15) is 16.0 Å². The molecule has 4 heterocycles. The highest BCUT2D eigenvalue weighted by Gasteiger charge is 2.23. The first-order chi connectivity index (χ1) is 13.6. The van der Waals surface area contributed by atoms with Crippen LogP contribution >= 0.6 is 22.9 Å². The molecule has 1 saturated heterocycles. The van der Waals surface area contributed by atoms with Gasteiger partial charge >= 0.3 is 0 Å². The van der Waals surface area contributed by atoms with Gasteiger partial charge in [0.1, 0.15) is 11.2 Å². The maximum atomic E-state index is 6.33. The number of hydrogen-bond acceptors (Lipinski definition) is 6. The van der Waals surface area contributed by atoms with E-state index in [1.807, 2.05) is 22.7 Å². The molecule has 1 aliphatic heterocycles. The van der Waals surface area contributed by atoms with Gasteiger partial charge in [-0.3, -0.25) is 4.90 Å². The number of thiophene rings is 1. The van der Waals surface area contributed by atoms with Crippen LogP contribution in [0.2, 0.25) is 5.02 Å². The molecule has 1 aromatic carbocycles. The molecule has 144 valence electrons. The van der Waals surface area contributed by atoms with Crippen molar-refractivity contribution in [2.45, 2.75) is 20.4 Å².